The molecule has 2 rings (SSSR count). The smallest absolute Gasteiger partial charge is 0.242 e. The lowest BCUT2D eigenvalue weighted by atomic mass is 10.1. The van der Waals surface area contributed by atoms with Gasteiger partial charge in [0.05, 0.1) is 22.9 Å². The molecule has 0 heterocycles. The van der Waals surface area contributed by atoms with E-state index in [9.17, 15) is 9.59 Å². The molecular weight excluding hydrogens is 443 g/mol. The average molecular weight is 469 g/mol. The van der Waals surface area contributed by atoms with Gasteiger partial charge in [0.2, 0.25) is 11.8 Å². The van der Waals surface area contributed by atoms with E-state index < -0.39 is 6.04 Å². The number of rotatable bonds is 10. The van der Waals surface area contributed by atoms with Crippen molar-refractivity contribution in [3.63, 3.8) is 0 Å². The Bertz CT molecular complexity index is 862. The zero-order valence-electron chi connectivity index (χ0n) is 17.3. The van der Waals surface area contributed by atoms with Gasteiger partial charge in [-0.05, 0) is 41.8 Å². The predicted molar refractivity (Wildman–Crippen MR) is 124 cm³/mol. The third-order valence-electron chi connectivity index (χ3n) is 4.62. The Morgan fingerprint density at radius 2 is 1.77 bits per heavy atom. The first-order valence-corrected chi connectivity index (χ1v) is 11.5. The fraction of sp³-hybridized carbons (Fsp3) is 0.364. The molecule has 0 aromatic heterocycles. The molecule has 0 saturated heterocycles. The summed E-state index contributed by atoms with van der Waals surface area (Å²) in [7, 11) is 3.19. The molecule has 0 aliphatic heterocycles. The molecule has 162 valence electrons. The Hall–Kier alpha value is -1.89. The van der Waals surface area contributed by atoms with Crippen LogP contribution in [0.1, 0.15) is 24.5 Å². The Morgan fingerprint density at radius 1 is 1.10 bits per heavy atom. The number of likely N-dealkylation sites (N-methyl/N-ethyl adjacent to an activating group) is 1. The quantitative estimate of drug-likeness (QED) is 0.544. The van der Waals surface area contributed by atoms with E-state index in [2.05, 4.69) is 5.32 Å². The summed E-state index contributed by atoms with van der Waals surface area (Å²) in [6.07, 6.45) is 0.527. The van der Waals surface area contributed by atoms with Crippen molar-refractivity contribution in [1.82, 2.24) is 10.2 Å². The maximum atomic E-state index is 13.1. The number of thioether (sulfide) groups is 1. The number of nitrogens with one attached hydrogen (secondary N) is 1. The van der Waals surface area contributed by atoms with Crippen molar-refractivity contribution >= 4 is 46.8 Å². The lowest BCUT2D eigenvalue weighted by Crippen LogP contribution is -2.48. The Balaban J connectivity index is 2.09. The van der Waals surface area contributed by atoms with Crippen LogP contribution in [0.3, 0.4) is 0 Å². The van der Waals surface area contributed by atoms with Gasteiger partial charge in [-0.2, -0.15) is 0 Å². The van der Waals surface area contributed by atoms with Crippen molar-refractivity contribution in [2.75, 3.05) is 19.9 Å². The van der Waals surface area contributed by atoms with Crippen LogP contribution in [0.15, 0.2) is 42.5 Å². The van der Waals surface area contributed by atoms with Gasteiger partial charge in [-0.3, -0.25) is 9.59 Å². The van der Waals surface area contributed by atoms with E-state index in [1.54, 1.807) is 31.2 Å². The number of amides is 2. The van der Waals surface area contributed by atoms with E-state index in [-0.39, 0.29) is 17.6 Å². The number of benzene rings is 2. The van der Waals surface area contributed by atoms with Gasteiger partial charge in [0.1, 0.15) is 11.8 Å². The van der Waals surface area contributed by atoms with Gasteiger partial charge in [0.25, 0.3) is 0 Å². The monoisotopic (exact) mass is 468 g/mol. The summed E-state index contributed by atoms with van der Waals surface area (Å²) < 4.78 is 5.19. The molecule has 2 amide bonds. The summed E-state index contributed by atoms with van der Waals surface area (Å²) in [5.74, 6) is 1.35. The van der Waals surface area contributed by atoms with Gasteiger partial charge in [-0.15, -0.1) is 11.8 Å². The van der Waals surface area contributed by atoms with Crippen LogP contribution in [-0.2, 0) is 21.9 Å². The fourth-order valence-electron chi connectivity index (χ4n) is 2.98. The Kier molecular flexibility index (Phi) is 9.82. The number of methoxy groups -OCH3 is 1. The minimum Gasteiger partial charge on any atom is -0.497 e. The molecule has 0 spiro atoms. The van der Waals surface area contributed by atoms with E-state index in [1.807, 2.05) is 37.3 Å². The first kappa shape index (κ1) is 24.4. The van der Waals surface area contributed by atoms with E-state index in [0.29, 0.717) is 28.8 Å². The molecule has 0 bridgehead atoms. The van der Waals surface area contributed by atoms with E-state index in [1.165, 1.54) is 11.8 Å². The summed E-state index contributed by atoms with van der Waals surface area (Å²) in [6, 6.07) is 12.4. The standard InChI is InChI=1S/C22H26Cl2N2O3S/c1-4-20(22(28)25-2)26(12-15-5-8-17(29-3)9-6-15)21(27)14-30-13-16-7-10-18(23)19(24)11-16/h5-11,20H,4,12-14H2,1-3H3,(H,25,28)/t20-/m1/s1. The highest BCUT2D eigenvalue weighted by Crippen LogP contribution is 2.25. The van der Waals surface area contributed by atoms with Gasteiger partial charge in [0, 0.05) is 19.3 Å². The average Bonchev–Trinajstić information content (AvgIpc) is 2.76. The molecule has 1 N–H and O–H groups in total. The number of nitrogens with zero attached hydrogens (tertiary/aromatic N) is 1. The van der Waals surface area contributed by atoms with Crippen molar-refractivity contribution in [3.05, 3.63) is 63.6 Å². The largest absolute Gasteiger partial charge is 0.497 e. The minimum absolute atomic E-state index is 0.0914. The van der Waals surface area contributed by atoms with Crippen LogP contribution in [0, 0.1) is 0 Å². The first-order valence-electron chi connectivity index (χ1n) is 9.55. The molecule has 0 radical (unpaired) electrons. The zero-order chi connectivity index (χ0) is 22.1. The van der Waals surface area contributed by atoms with Crippen molar-refractivity contribution in [1.29, 1.82) is 0 Å². The molecule has 0 fully saturated rings. The van der Waals surface area contributed by atoms with Crippen LogP contribution in [0.2, 0.25) is 10.0 Å². The normalized spacial score (nSPS) is 11.6. The molecule has 0 aliphatic carbocycles. The molecule has 2 aromatic rings. The van der Waals surface area contributed by atoms with Gasteiger partial charge >= 0.3 is 0 Å². The number of hydrogen-bond acceptors (Lipinski definition) is 4. The Labute approximate surface area is 192 Å². The van der Waals surface area contributed by atoms with E-state index in [0.717, 1.165) is 16.9 Å². The van der Waals surface area contributed by atoms with Gasteiger partial charge in [-0.1, -0.05) is 48.3 Å². The highest BCUT2D eigenvalue weighted by Gasteiger charge is 2.27. The molecule has 8 heteroatoms. The lowest BCUT2D eigenvalue weighted by molar-refractivity contribution is -0.139. The fourth-order valence-corrected chi connectivity index (χ4v) is 4.16. The second kappa shape index (κ2) is 12.1. The van der Waals surface area contributed by atoms with Crippen molar-refractivity contribution in [2.45, 2.75) is 31.7 Å². The van der Waals surface area contributed by atoms with Crippen LogP contribution in [0.5, 0.6) is 5.75 Å². The van der Waals surface area contributed by atoms with Crippen molar-refractivity contribution < 1.29 is 14.3 Å². The van der Waals surface area contributed by atoms with Crippen LogP contribution in [0.25, 0.3) is 0 Å². The SMILES string of the molecule is CC[C@H](C(=O)NC)N(Cc1ccc(OC)cc1)C(=O)CSCc1ccc(Cl)c(Cl)c1. The highest BCUT2D eigenvalue weighted by atomic mass is 35.5. The molecule has 0 unspecified atom stereocenters. The lowest BCUT2D eigenvalue weighted by Gasteiger charge is -2.30. The summed E-state index contributed by atoms with van der Waals surface area (Å²) in [6.45, 7) is 2.25. The minimum atomic E-state index is -0.532. The van der Waals surface area contributed by atoms with Gasteiger partial charge in [-0.25, -0.2) is 0 Å². The first-order chi connectivity index (χ1) is 14.4. The Morgan fingerprint density at radius 3 is 2.33 bits per heavy atom. The second-order valence-corrected chi connectivity index (χ2v) is 8.45. The third-order valence-corrected chi connectivity index (χ3v) is 6.35. The maximum Gasteiger partial charge on any atom is 0.242 e. The molecular formula is C22H26Cl2N2O3S. The molecule has 1 atom stereocenters. The van der Waals surface area contributed by atoms with Crippen molar-refractivity contribution in [3.8, 4) is 5.75 Å². The number of carbonyl (C=O) groups is 2. The van der Waals surface area contributed by atoms with E-state index in [4.69, 9.17) is 27.9 Å². The molecule has 0 saturated carbocycles. The van der Waals surface area contributed by atoms with Crippen LogP contribution >= 0.6 is 35.0 Å². The van der Waals surface area contributed by atoms with Gasteiger partial charge in [0.15, 0.2) is 0 Å². The summed E-state index contributed by atoms with van der Waals surface area (Å²) in [5.41, 5.74) is 1.92. The number of hydrogen-bond donors (Lipinski definition) is 1. The molecule has 0 aliphatic rings. The van der Waals surface area contributed by atoms with Crippen molar-refractivity contribution in [2.24, 2.45) is 0 Å². The van der Waals surface area contributed by atoms with Crippen LogP contribution in [0.4, 0.5) is 0 Å². The number of ether oxygens (including phenoxy) is 1. The third kappa shape index (κ3) is 6.83. The second-order valence-electron chi connectivity index (χ2n) is 6.65. The molecule has 5 nitrogen and oxygen atoms in total. The topological polar surface area (TPSA) is 58.6 Å². The predicted octanol–water partition coefficient (Wildman–Crippen LogP) is 4.79. The van der Waals surface area contributed by atoms with Crippen LogP contribution in [-0.4, -0.2) is 42.7 Å². The summed E-state index contributed by atoms with van der Waals surface area (Å²) >= 11 is 13.5. The molecule has 30 heavy (non-hydrogen) atoms. The zero-order valence-corrected chi connectivity index (χ0v) is 19.6. The van der Waals surface area contributed by atoms with Gasteiger partial charge < -0.3 is 15.0 Å². The molecule has 2 aromatic carbocycles. The van der Waals surface area contributed by atoms with Crippen LogP contribution < -0.4 is 10.1 Å². The van der Waals surface area contributed by atoms with E-state index >= 15 is 0 Å². The number of carbonyl (C=O) groups excluding carboxylic acids is 2. The summed E-state index contributed by atoms with van der Waals surface area (Å²) in [4.78, 5) is 27.1. The maximum absolute atomic E-state index is 13.1. The summed E-state index contributed by atoms with van der Waals surface area (Å²) in [5, 5.41) is 3.66. The number of halogens is 2. The highest BCUT2D eigenvalue weighted by molar-refractivity contribution is 7.99.